The smallest absolute Gasteiger partial charge is 0.0386 e. The highest BCUT2D eigenvalue weighted by molar-refractivity contribution is 4.66. The lowest BCUT2D eigenvalue weighted by atomic mass is 10.1. The molecular formula is C9H18. The molecule has 0 spiro atoms. The lowest BCUT2D eigenvalue weighted by molar-refractivity contribution is 0.624. The molecule has 0 saturated carbocycles. The van der Waals surface area contributed by atoms with Crippen LogP contribution in [-0.2, 0) is 0 Å². The van der Waals surface area contributed by atoms with E-state index >= 15 is 0 Å². The quantitative estimate of drug-likeness (QED) is 0.496. The number of unbranched alkanes of at least 4 members (excludes halogenated alkanes) is 3. The lowest BCUT2D eigenvalue weighted by Crippen LogP contribution is -1.87. The standard InChI is InChI=1S/C9H18/c1-4-5-6-7-8-9(2)3/h6,9H,2,4-5,7-8H2,1,3H3. The molecule has 0 saturated heterocycles. The van der Waals surface area contributed by atoms with Crippen molar-refractivity contribution in [3.8, 4) is 0 Å². The van der Waals surface area contributed by atoms with E-state index in [-0.39, 0.29) is 0 Å². The van der Waals surface area contributed by atoms with E-state index < -0.39 is 0 Å². The molecule has 0 nitrogen and oxygen atoms in total. The van der Waals surface area contributed by atoms with Crippen LogP contribution in [0.15, 0.2) is 0 Å². The summed E-state index contributed by atoms with van der Waals surface area (Å²) >= 11 is 0. The van der Waals surface area contributed by atoms with Gasteiger partial charge in [0, 0.05) is 0 Å². The molecule has 0 aromatic rings. The minimum atomic E-state index is 0.623. The van der Waals surface area contributed by atoms with Gasteiger partial charge in [-0.1, -0.05) is 40.0 Å². The van der Waals surface area contributed by atoms with Gasteiger partial charge in [0.05, 0.1) is 0 Å². The number of hydrogen-bond acceptors (Lipinski definition) is 0. The Morgan fingerprint density at radius 3 is 2.56 bits per heavy atom. The highest BCUT2D eigenvalue weighted by Crippen LogP contribution is 2.07. The minimum absolute atomic E-state index is 0.623. The molecule has 0 aliphatic heterocycles. The molecular weight excluding hydrogens is 108 g/mol. The summed E-state index contributed by atoms with van der Waals surface area (Å²) in [5.41, 5.74) is 0. The molecule has 0 aromatic heterocycles. The molecule has 0 heteroatoms. The average Bonchev–Trinajstić information content (AvgIpc) is 1.80. The molecule has 0 aliphatic rings. The molecule has 0 aromatic carbocycles. The maximum Gasteiger partial charge on any atom is -0.0386 e. The van der Waals surface area contributed by atoms with Crippen LogP contribution in [0.2, 0.25) is 0 Å². The van der Waals surface area contributed by atoms with Gasteiger partial charge in [-0.2, -0.15) is 0 Å². The van der Waals surface area contributed by atoms with Gasteiger partial charge in [0.2, 0.25) is 0 Å². The van der Waals surface area contributed by atoms with Crippen LogP contribution < -0.4 is 0 Å². The van der Waals surface area contributed by atoms with Crippen LogP contribution in [0.5, 0.6) is 0 Å². The van der Waals surface area contributed by atoms with Gasteiger partial charge in [0.25, 0.3) is 0 Å². The summed E-state index contributed by atoms with van der Waals surface area (Å²) in [7, 11) is 0. The third-order valence-corrected chi connectivity index (χ3v) is 1.36. The topological polar surface area (TPSA) is 0 Å². The maximum absolute atomic E-state index is 3.92. The third-order valence-electron chi connectivity index (χ3n) is 1.36. The second-order valence-electron chi connectivity index (χ2n) is 2.76. The zero-order valence-corrected chi connectivity index (χ0v) is 6.69. The summed E-state index contributed by atoms with van der Waals surface area (Å²) < 4.78 is 0. The minimum Gasteiger partial charge on any atom is -0.0654 e. The lowest BCUT2D eigenvalue weighted by Gasteiger charge is -2.01. The van der Waals surface area contributed by atoms with Crippen molar-refractivity contribution in [3.63, 3.8) is 0 Å². The molecule has 0 fully saturated rings. The van der Waals surface area contributed by atoms with Crippen LogP contribution in [-0.4, -0.2) is 0 Å². The Labute approximate surface area is 59.7 Å². The first-order valence-corrected chi connectivity index (χ1v) is 3.92. The first-order chi connectivity index (χ1) is 4.27. The Balaban J connectivity index is 2.75. The molecule has 1 unspecified atom stereocenters. The molecule has 54 valence electrons. The Bertz CT molecular complexity index is 46.0. The first kappa shape index (κ1) is 9.00. The van der Waals surface area contributed by atoms with Crippen molar-refractivity contribution in [2.75, 3.05) is 0 Å². The summed E-state index contributed by atoms with van der Waals surface area (Å²) in [6.45, 7) is 8.29. The molecule has 0 amide bonds. The van der Waals surface area contributed by atoms with Crippen LogP contribution in [0, 0.1) is 19.3 Å². The highest BCUT2D eigenvalue weighted by Gasteiger charge is 1.92. The fourth-order valence-corrected chi connectivity index (χ4v) is 0.751. The Kier molecular flexibility index (Phi) is 6.12. The van der Waals surface area contributed by atoms with Crippen LogP contribution >= 0.6 is 0 Å². The summed E-state index contributed by atoms with van der Waals surface area (Å²) in [4.78, 5) is 0. The van der Waals surface area contributed by atoms with Gasteiger partial charge in [0.15, 0.2) is 0 Å². The van der Waals surface area contributed by atoms with Crippen LogP contribution in [0.3, 0.4) is 0 Å². The van der Waals surface area contributed by atoms with E-state index in [4.69, 9.17) is 0 Å². The summed E-state index contributed by atoms with van der Waals surface area (Å²) in [6, 6.07) is 0. The van der Waals surface area contributed by atoms with E-state index in [9.17, 15) is 0 Å². The van der Waals surface area contributed by atoms with Gasteiger partial charge in [-0.15, -0.1) is 0 Å². The molecule has 1 atom stereocenters. The van der Waals surface area contributed by atoms with Crippen molar-refractivity contribution in [3.05, 3.63) is 13.3 Å². The predicted octanol–water partition coefficient (Wildman–Crippen LogP) is 3.24. The van der Waals surface area contributed by atoms with Crippen molar-refractivity contribution in [1.82, 2.24) is 0 Å². The summed E-state index contributed by atoms with van der Waals surface area (Å²) in [6.07, 6.45) is 7.42. The van der Waals surface area contributed by atoms with E-state index in [1.807, 2.05) is 0 Å². The van der Waals surface area contributed by atoms with Crippen molar-refractivity contribution in [2.24, 2.45) is 5.92 Å². The number of rotatable bonds is 5. The van der Waals surface area contributed by atoms with E-state index in [2.05, 4.69) is 27.2 Å². The molecule has 0 aliphatic carbocycles. The molecule has 9 heavy (non-hydrogen) atoms. The van der Waals surface area contributed by atoms with E-state index in [1.165, 1.54) is 25.7 Å². The molecule has 0 N–H and O–H groups in total. The van der Waals surface area contributed by atoms with Crippen LogP contribution in [0.25, 0.3) is 0 Å². The van der Waals surface area contributed by atoms with E-state index in [0.717, 1.165) is 0 Å². The van der Waals surface area contributed by atoms with Gasteiger partial charge >= 0.3 is 0 Å². The predicted molar refractivity (Wildman–Crippen MR) is 43.0 cm³/mol. The fraction of sp³-hybridized carbons (Fsp3) is 0.778. The summed E-state index contributed by atoms with van der Waals surface area (Å²) in [5.74, 6) is 0.623. The zero-order valence-electron chi connectivity index (χ0n) is 6.69. The normalized spacial score (nSPS) is 10.7. The van der Waals surface area contributed by atoms with Crippen molar-refractivity contribution in [1.29, 1.82) is 0 Å². The maximum atomic E-state index is 3.92. The third kappa shape index (κ3) is 8.00. The monoisotopic (exact) mass is 126 g/mol. The molecule has 0 heterocycles. The first-order valence-electron chi connectivity index (χ1n) is 3.92. The number of hydrogen-bond donors (Lipinski definition) is 0. The SMILES string of the molecule is [CH2]C(C)CC[CH]CCC. The van der Waals surface area contributed by atoms with E-state index in [0.29, 0.717) is 5.92 Å². The highest BCUT2D eigenvalue weighted by atomic mass is 14.0. The van der Waals surface area contributed by atoms with Crippen LogP contribution in [0.1, 0.15) is 39.5 Å². The Morgan fingerprint density at radius 1 is 1.44 bits per heavy atom. The van der Waals surface area contributed by atoms with Gasteiger partial charge < -0.3 is 0 Å². The molecule has 0 bridgehead atoms. The van der Waals surface area contributed by atoms with Gasteiger partial charge in [0.1, 0.15) is 0 Å². The largest absolute Gasteiger partial charge is 0.0654 e. The van der Waals surface area contributed by atoms with Gasteiger partial charge in [-0.25, -0.2) is 0 Å². The van der Waals surface area contributed by atoms with Crippen molar-refractivity contribution >= 4 is 0 Å². The van der Waals surface area contributed by atoms with Crippen molar-refractivity contribution < 1.29 is 0 Å². The second kappa shape index (κ2) is 6.12. The van der Waals surface area contributed by atoms with Gasteiger partial charge in [-0.05, 0) is 18.8 Å². The molecule has 2 radical (unpaired) electrons. The second-order valence-corrected chi connectivity index (χ2v) is 2.76. The Hall–Kier alpha value is 0. The average molecular weight is 126 g/mol. The fourth-order valence-electron chi connectivity index (χ4n) is 0.751. The van der Waals surface area contributed by atoms with E-state index in [1.54, 1.807) is 0 Å². The molecule has 0 rings (SSSR count). The summed E-state index contributed by atoms with van der Waals surface area (Å²) in [5, 5.41) is 0. The zero-order chi connectivity index (χ0) is 7.11. The van der Waals surface area contributed by atoms with Gasteiger partial charge in [-0.3, -0.25) is 0 Å². The Morgan fingerprint density at radius 2 is 2.11 bits per heavy atom. The van der Waals surface area contributed by atoms with Crippen LogP contribution in [0.4, 0.5) is 0 Å². The van der Waals surface area contributed by atoms with Crippen molar-refractivity contribution in [2.45, 2.75) is 39.5 Å².